The normalized spacial score (nSPS) is 17.3. The van der Waals surface area contributed by atoms with Gasteiger partial charge in [0.25, 0.3) is 0 Å². The molecule has 0 saturated carbocycles. The number of rotatable bonds is 4. The van der Waals surface area contributed by atoms with Gasteiger partial charge in [-0.3, -0.25) is 0 Å². The average Bonchev–Trinajstić information content (AvgIpc) is 2.86. The lowest BCUT2D eigenvalue weighted by Gasteiger charge is -2.25. The van der Waals surface area contributed by atoms with Gasteiger partial charge in [0, 0.05) is 10.8 Å². The fraction of sp³-hybridized carbons (Fsp3) is 0.353. The summed E-state index contributed by atoms with van der Waals surface area (Å²) in [5.41, 5.74) is 2.75. The number of aryl methyl sites for hydroxylation is 2. The highest BCUT2D eigenvalue weighted by atomic mass is 32.1. The number of carboxylic acids is 1. The predicted octanol–water partition coefficient (Wildman–Crippen LogP) is 4.25. The summed E-state index contributed by atoms with van der Waals surface area (Å²) in [6.07, 6.45) is 3.40. The number of thiophene rings is 1. The fourth-order valence-electron chi connectivity index (χ4n) is 2.97. The Kier molecular flexibility index (Phi) is 3.97. The lowest BCUT2D eigenvalue weighted by Crippen LogP contribution is -2.17. The Bertz CT molecular complexity index is 660. The van der Waals surface area contributed by atoms with Crippen LogP contribution in [0.15, 0.2) is 30.3 Å². The summed E-state index contributed by atoms with van der Waals surface area (Å²) in [4.78, 5) is 12.5. The zero-order chi connectivity index (χ0) is 14.8. The SMILES string of the molecule is Cc1cc(OCC2CCCc3ccccc32)c(C(=O)O)s1. The zero-order valence-electron chi connectivity index (χ0n) is 12.0. The quantitative estimate of drug-likeness (QED) is 0.918. The molecule has 4 heteroatoms. The van der Waals surface area contributed by atoms with Gasteiger partial charge in [-0.2, -0.15) is 0 Å². The second kappa shape index (κ2) is 5.90. The van der Waals surface area contributed by atoms with Gasteiger partial charge in [0.15, 0.2) is 4.88 Å². The van der Waals surface area contributed by atoms with Crippen LogP contribution in [0.4, 0.5) is 0 Å². The molecule has 0 radical (unpaired) electrons. The Morgan fingerprint density at radius 3 is 3.05 bits per heavy atom. The lowest BCUT2D eigenvalue weighted by molar-refractivity contribution is 0.0697. The van der Waals surface area contributed by atoms with E-state index in [0.29, 0.717) is 23.2 Å². The molecule has 0 spiro atoms. The largest absolute Gasteiger partial charge is 0.491 e. The molecule has 0 aliphatic heterocycles. The van der Waals surface area contributed by atoms with Crippen molar-refractivity contribution in [1.82, 2.24) is 0 Å². The number of benzene rings is 1. The summed E-state index contributed by atoms with van der Waals surface area (Å²) in [6.45, 7) is 2.45. The maximum atomic E-state index is 11.2. The molecule has 1 unspecified atom stereocenters. The van der Waals surface area contributed by atoms with Gasteiger partial charge < -0.3 is 9.84 Å². The lowest BCUT2D eigenvalue weighted by atomic mass is 9.83. The van der Waals surface area contributed by atoms with Crippen LogP contribution in [-0.2, 0) is 6.42 Å². The van der Waals surface area contributed by atoms with Crippen LogP contribution in [0.3, 0.4) is 0 Å². The van der Waals surface area contributed by atoms with Crippen LogP contribution >= 0.6 is 11.3 Å². The van der Waals surface area contributed by atoms with E-state index < -0.39 is 5.97 Å². The minimum atomic E-state index is -0.910. The van der Waals surface area contributed by atoms with Crippen LogP contribution < -0.4 is 4.74 Å². The zero-order valence-corrected chi connectivity index (χ0v) is 12.8. The topological polar surface area (TPSA) is 46.5 Å². The van der Waals surface area contributed by atoms with E-state index in [1.807, 2.05) is 13.0 Å². The van der Waals surface area contributed by atoms with E-state index in [1.165, 1.54) is 28.9 Å². The van der Waals surface area contributed by atoms with Gasteiger partial charge in [-0.25, -0.2) is 4.79 Å². The molecule has 1 heterocycles. The highest BCUT2D eigenvalue weighted by molar-refractivity contribution is 7.14. The van der Waals surface area contributed by atoms with Crippen molar-refractivity contribution < 1.29 is 14.6 Å². The van der Waals surface area contributed by atoms with Gasteiger partial charge in [-0.15, -0.1) is 11.3 Å². The van der Waals surface area contributed by atoms with E-state index in [9.17, 15) is 9.90 Å². The molecule has 110 valence electrons. The highest BCUT2D eigenvalue weighted by Gasteiger charge is 2.22. The van der Waals surface area contributed by atoms with Gasteiger partial charge in [-0.05, 0) is 43.4 Å². The minimum Gasteiger partial charge on any atom is -0.491 e. The molecule has 21 heavy (non-hydrogen) atoms. The van der Waals surface area contributed by atoms with E-state index in [-0.39, 0.29) is 0 Å². The molecule has 1 aliphatic carbocycles. The van der Waals surface area contributed by atoms with Gasteiger partial charge in [0.1, 0.15) is 5.75 Å². The third-order valence-corrected chi connectivity index (χ3v) is 4.97. The van der Waals surface area contributed by atoms with Crippen molar-refractivity contribution in [2.24, 2.45) is 0 Å². The van der Waals surface area contributed by atoms with Crippen molar-refractivity contribution in [1.29, 1.82) is 0 Å². The number of fused-ring (bicyclic) bond motifs is 1. The van der Waals surface area contributed by atoms with Crippen LogP contribution in [0.25, 0.3) is 0 Å². The first-order valence-corrected chi connectivity index (χ1v) is 8.01. The number of aromatic carboxylic acids is 1. The first-order chi connectivity index (χ1) is 10.1. The average molecular weight is 302 g/mol. The molecule has 3 nitrogen and oxygen atoms in total. The van der Waals surface area contributed by atoms with Crippen molar-refractivity contribution in [3.8, 4) is 5.75 Å². The Morgan fingerprint density at radius 2 is 2.24 bits per heavy atom. The summed E-state index contributed by atoms with van der Waals surface area (Å²) >= 11 is 1.27. The van der Waals surface area contributed by atoms with Crippen molar-refractivity contribution in [2.45, 2.75) is 32.1 Å². The highest BCUT2D eigenvalue weighted by Crippen LogP contribution is 2.34. The second-order valence-corrected chi connectivity index (χ2v) is 6.71. The van der Waals surface area contributed by atoms with Crippen LogP contribution in [-0.4, -0.2) is 17.7 Å². The Hall–Kier alpha value is -1.81. The third kappa shape index (κ3) is 2.95. The van der Waals surface area contributed by atoms with E-state index in [1.54, 1.807) is 0 Å². The Morgan fingerprint density at radius 1 is 1.43 bits per heavy atom. The maximum absolute atomic E-state index is 11.2. The monoisotopic (exact) mass is 302 g/mol. The van der Waals surface area contributed by atoms with Crippen LogP contribution in [0, 0.1) is 6.92 Å². The minimum absolute atomic E-state index is 0.302. The molecular formula is C17H18O3S. The van der Waals surface area contributed by atoms with Crippen molar-refractivity contribution in [3.63, 3.8) is 0 Å². The first-order valence-electron chi connectivity index (χ1n) is 7.19. The summed E-state index contributed by atoms with van der Waals surface area (Å²) in [7, 11) is 0. The Labute approximate surface area is 128 Å². The predicted molar refractivity (Wildman–Crippen MR) is 83.6 cm³/mol. The van der Waals surface area contributed by atoms with E-state index in [2.05, 4.69) is 24.3 Å². The van der Waals surface area contributed by atoms with E-state index >= 15 is 0 Å². The number of carbonyl (C=O) groups is 1. The fourth-order valence-corrected chi connectivity index (χ4v) is 3.76. The molecule has 1 aromatic heterocycles. The molecule has 1 aromatic carbocycles. The third-order valence-electron chi connectivity index (χ3n) is 3.95. The van der Waals surface area contributed by atoms with Crippen molar-refractivity contribution >= 4 is 17.3 Å². The Balaban J connectivity index is 1.76. The molecular weight excluding hydrogens is 284 g/mol. The van der Waals surface area contributed by atoms with E-state index in [0.717, 1.165) is 17.7 Å². The molecule has 0 bridgehead atoms. The number of ether oxygens (including phenoxy) is 1. The van der Waals surface area contributed by atoms with Crippen LogP contribution in [0.5, 0.6) is 5.75 Å². The van der Waals surface area contributed by atoms with Crippen molar-refractivity contribution in [2.75, 3.05) is 6.61 Å². The summed E-state index contributed by atoms with van der Waals surface area (Å²) in [5.74, 6) is -0.0444. The molecule has 1 atom stereocenters. The summed E-state index contributed by atoms with van der Waals surface area (Å²) in [6, 6.07) is 10.3. The molecule has 0 fully saturated rings. The maximum Gasteiger partial charge on any atom is 0.349 e. The smallest absolute Gasteiger partial charge is 0.349 e. The van der Waals surface area contributed by atoms with Gasteiger partial charge in [0.2, 0.25) is 0 Å². The molecule has 2 aromatic rings. The summed E-state index contributed by atoms with van der Waals surface area (Å²) in [5, 5.41) is 9.20. The van der Waals surface area contributed by atoms with Gasteiger partial charge in [-0.1, -0.05) is 24.3 Å². The molecule has 1 aliphatic rings. The summed E-state index contributed by atoms with van der Waals surface area (Å²) < 4.78 is 5.85. The second-order valence-electron chi connectivity index (χ2n) is 5.45. The van der Waals surface area contributed by atoms with E-state index in [4.69, 9.17) is 4.74 Å². The molecule has 0 saturated heterocycles. The molecule has 0 amide bonds. The van der Waals surface area contributed by atoms with Gasteiger partial charge >= 0.3 is 5.97 Å². The number of carboxylic acid groups (broad SMARTS) is 1. The van der Waals surface area contributed by atoms with Crippen LogP contribution in [0.1, 0.15) is 44.4 Å². The number of hydrogen-bond acceptors (Lipinski definition) is 3. The molecule has 1 N–H and O–H groups in total. The first kappa shape index (κ1) is 14.1. The van der Waals surface area contributed by atoms with Crippen LogP contribution in [0.2, 0.25) is 0 Å². The molecule has 3 rings (SSSR count). The standard InChI is InChI=1S/C17H18O3S/c1-11-9-15(16(21-11)17(18)19)20-10-13-7-4-6-12-5-2-3-8-14(12)13/h2-3,5,8-9,13H,4,6-7,10H2,1H3,(H,18,19). The van der Waals surface area contributed by atoms with Crippen molar-refractivity contribution in [3.05, 3.63) is 51.2 Å². The van der Waals surface area contributed by atoms with Gasteiger partial charge in [0.05, 0.1) is 6.61 Å². The number of hydrogen-bond donors (Lipinski definition) is 1.